The van der Waals surface area contributed by atoms with Crippen LogP contribution in [0.2, 0.25) is 0 Å². The number of nitrogens with zero attached hydrogens (tertiary/aromatic N) is 5. The van der Waals surface area contributed by atoms with Crippen molar-refractivity contribution < 1.29 is 13.2 Å². The van der Waals surface area contributed by atoms with Crippen molar-refractivity contribution in [1.82, 2.24) is 19.7 Å². The van der Waals surface area contributed by atoms with E-state index in [1.54, 1.807) is 11.0 Å². The van der Waals surface area contributed by atoms with Crippen molar-refractivity contribution in [2.45, 2.75) is 57.8 Å². The maximum atomic E-state index is 12.9. The van der Waals surface area contributed by atoms with Crippen LogP contribution in [-0.2, 0) is 18.1 Å². The minimum absolute atomic E-state index is 0.0346. The smallest absolute Gasteiger partial charge is 0.336 e. The van der Waals surface area contributed by atoms with Gasteiger partial charge in [-0.15, -0.1) is 0 Å². The molecule has 27 heavy (non-hydrogen) atoms. The molecule has 3 heterocycles. The third kappa shape index (κ3) is 4.28. The van der Waals surface area contributed by atoms with E-state index in [9.17, 15) is 18.0 Å². The first-order valence-corrected chi connectivity index (χ1v) is 8.81. The molecular weight excluding hydrogens is 359 g/mol. The number of hydrogen-bond donors (Lipinski definition) is 0. The first-order chi connectivity index (χ1) is 12.6. The molecule has 0 amide bonds. The van der Waals surface area contributed by atoms with Crippen LogP contribution in [-0.4, -0.2) is 32.3 Å². The van der Waals surface area contributed by atoms with Crippen molar-refractivity contribution in [1.29, 1.82) is 0 Å². The van der Waals surface area contributed by atoms with Crippen LogP contribution < -0.4 is 10.5 Å². The summed E-state index contributed by atoms with van der Waals surface area (Å²) < 4.78 is 40.2. The molecule has 3 rings (SSSR count). The van der Waals surface area contributed by atoms with Gasteiger partial charge in [0.1, 0.15) is 5.69 Å². The molecule has 2 aromatic rings. The Morgan fingerprint density at radius 2 is 1.89 bits per heavy atom. The lowest BCUT2D eigenvalue weighted by Gasteiger charge is -2.26. The molecule has 2 aromatic heterocycles. The highest BCUT2D eigenvalue weighted by molar-refractivity contribution is 5.34. The first-order valence-electron chi connectivity index (χ1n) is 8.81. The van der Waals surface area contributed by atoms with Gasteiger partial charge in [0.25, 0.3) is 5.56 Å². The second kappa shape index (κ2) is 6.94. The lowest BCUT2D eigenvalue weighted by atomic mass is 9.92. The van der Waals surface area contributed by atoms with Crippen molar-refractivity contribution >= 4 is 5.95 Å². The Kier molecular flexibility index (Phi) is 4.96. The molecule has 1 atom stereocenters. The average molecular weight is 381 g/mol. The molecule has 0 bridgehead atoms. The van der Waals surface area contributed by atoms with Crippen LogP contribution in [0, 0.1) is 0 Å². The maximum absolute atomic E-state index is 12.9. The molecule has 0 N–H and O–H groups in total. The Hall–Kier alpha value is -2.45. The number of aromatic nitrogens is 4. The Morgan fingerprint density at radius 3 is 2.56 bits per heavy atom. The summed E-state index contributed by atoms with van der Waals surface area (Å²) in [6.07, 6.45) is -1.89. The number of rotatable bonds is 3. The standard InChI is InChI=1S/C18H22F3N5O/c1-17(2,3)13-6-7-15(27)26(24-13)11-12-5-4-10-25(12)16-22-9-8-14(23-16)18(19,20)21/h6-9,12H,4-5,10-11H2,1-3H3. The van der Waals surface area contributed by atoms with Crippen LogP contribution in [0.3, 0.4) is 0 Å². The summed E-state index contributed by atoms with van der Waals surface area (Å²) in [5.41, 5.74) is -0.639. The fourth-order valence-electron chi connectivity index (χ4n) is 3.11. The van der Waals surface area contributed by atoms with Gasteiger partial charge in [-0.3, -0.25) is 4.79 Å². The molecule has 6 nitrogen and oxygen atoms in total. The summed E-state index contributed by atoms with van der Waals surface area (Å²) in [5, 5.41) is 4.45. The SMILES string of the molecule is CC(C)(C)c1ccc(=O)n(CC2CCCN2c2nccc(C(F)(F)F)n2)n1. The Bertz CT molecular complexity index is 872. The molecular formula is C18H22F3N5O. The van der Waals surface area contributed by atoms with Crippen molar-refractivity contribution in [3.8, 4) is 0 Å². The predicted molar refractivity (Wildman–Crippen MR) is 94.6 cm³/mol. The van der Waals surface area contributed by atoms with Crippen molar-refractivity contribution in [2.75, 3.05) is 11.4 Å². The summed E-state index contributed by atoms with van der Waals surface area (Å²) in [4.78, 5) is 21.6. The van der Waals surface area contributed by atoms with E-state index in [2.05, 4.69) is 15.1 Å². The lowest BCUT2D eigenvalue weighted by molar-refractivity contribution is -0.141. The molecule has 9 heteroatoms. The summed E-state index contributed by atoms with van der Waals surface area (Å²) in [6.45, 7) is 6.83. The van der Waals surface area contributed by atoms with E-state index in [0.29, 0.717) is 6.54 Å². The normalized spacial score (nSPS) is 18.1. The van der Waals surface area contributed by atoms with Crippen molar-refractivity contribution in [3.05, 3.63) is 46.1 Å². The zero-order chi connectivity index (χ0) is 19.8. The Labute approximate surface area is 155 Å². The van der Waals surface area contributed by atoms with Crippen LogP contribution in [0.4, 0.5) is 19.1 Å². The van der Waals surface area contributed by atoms with Crippen LogP contribution in [0.5, 0.6) is 0 Å². The van der Waals surface area contributed by atoms with Gasteiger partial charge in [-0.05, 0) is 25.0 Å². The second-order valence-electron chi connectivity index (χ2n) is 7.72. The fourth-order valence-corrected chi connectivity index (χ4v) is 3.11. The molecule has 0 aliphatic carbocycles. The zero-order valence-corrected chi connectivity index (χ0v) is 15.5. The second-order valence-corrected chi connectivity index (χ2v) is 7.72. The molecule has 0 spiro atoms. The highest BCUT2D eigenvalue weighted by atomic mass is 19.4. The van der Waals surface area contributed by atoms with Crippen LogP contribution in [0.15, 0.2) is 29.2 Å². The topological polar surface area (TPSA) is 63.9 Å². The predicted octanol–water partition coefficient (Wildman–Crippen LogP) is 3.02. The third-order valence-corrected chi connectivity index (χ3v) is 4.59. The number of anilines is 1. The lowest BCUT2D eigenvalue weighted by Crippen LogP contribution is -2.38. The van der Waals surface area contributed by atoms with Crippen LogP contribution >= 0.6 is 0 Å². The largest absolute Gasteiger partial charge is 0.433 e. The van der Waals surface area contributed by atoms with Gasteiger partial charge in [-0.1, -0.05) is 20.8 Å². The van der Waals surface area contributed by atoms with E-state index in [1.807, 2.05) is 20.8 Å². The summed E-state index contributed by atoms with van der Waals surface area (Å²) in [6, 6.07) is 3.86. The molecule has 1 unspecified atom stereocenters. The van der Waals surface area contributed by atoms with Gasteiger partial charge in [0.15, 0.2) is 0 Å². The van der Waals surface area contributed by atoms with Gasteiger partial charge >= 0.3 is 6.18 Å². The highest BCUT2D eigenvalue weighted by Gasteiger charge is 2.35. The van der Waals surface area contributed by atoms with Crippen LogP contribution in [0.1, 0.15) is 45.0 Å². The Balaban J connectivity index is 1.87. The van der Waals surface area contributed by atoms with Gasteiger partial charge in [0.2, 0.25) is 5.95 Å². The van der Waals surface area contributed by atoms with Crippen LogP contribution in [0.25, 0.3) is 0 Å². The monoisotopic (exact) mass is 381 g/mol. The molecule has 1 aliphatic rings. The molecule has 1 aliphatic heterocycles. The highest BCUT2D eigenvalue weighted by Crippen LogP contribution is 2.30. The Morgan fingerprint density at radius 1 is 1.15 bits per heavy atom. The molecule has 146 valence electrons. The van der Waals surface area contributed by atoms with Gasteiger partial charge < -0.3 is 4.90 Å². The number of hydrogen-bond acceptors (Lipinski definition) is 5. The summed E-state index contributed by atoms with van der Waals surface area (Å²) in [7, 11) is 0. The first kappa shape index (κ1) is 19.3. The summed E-state index contributed by atoms with van der Waals surface area (Å²) >= 11 is 0. The van der Waals surface area contributed by atoms with E-state index < -0.39 is 11.9 Å². The average Bonchev–Trinajstić information content (AvgIpc) is 3.03. The fraction of sp³-hybridized carbons (Fsp3) is 0.556. The van der Waals surface area contributed by atoms with E-state index >= 15 is 0 Å². The minimum atomic E-state index is -4.52. The van der Waals surface area contributed by atoms with Gasteiger partial charge in [0, 0.05) is 24.2 Å². The molecule has 1 saturated heterocycles. The third-order valence-electron chi connectivity index (χ3n) is 4.59. The zero-order valence-electron chi connectivity index (χ0n) is 15.5. The molecule has 1 fully saturated rings. The van der Waals surface area contributed by atoms with Gasteiger partial charge in [-0.25, -0.2) is 14.6 Å². The van der Waals surface area contributed by atoms with Gasteiger partial charge in [-0.2, -0.15) is 18.3 Å². The molecule has 0 radical (unpaired) electrons. The summed E-state index contributed by atoms with van der Waals surface area (Å²) in [5.74, 6) is 0.0346. The van der Waals surface area contributed by atoms with Crippen molar-refractivity contribution in [2.24, 2.45) is 0 Å². The van der Waals surface area contributed by atoms with E-state index in [1.165, 1.54) is 10.7 Å². The van der Waals surface area contributed by atoms with Gasteiger partial charge in [0.05, 0.1) is 18.3 Å². The number of halogens is 3. The van der Waals surface area contributed by atoms with E-state index in [0.717, 1.165) is 30.8 Å². The quantitative estimate of drug-likeness (QED) is 0.818. The molecule has 0 saturated carbocycles. The van der Waals surface area contributed by atoms with E-state index in [-0.39, 0.29) is 29.5 Å². The minimum Gasteiger partial charge on any atom is -0.336 e. The molecule has 0 aromatic carbocycles. The maximum Gasteiger partial charge on any atom is 0.433 e. The number of alkyl halides is 3. The van der Waals surface area contributed by atoms with Crippen molar-refractivity contribution in [3.63, 3.8) is 0 Å². The van der Waals surface area contributed by atoms with E-state index in [4.69, 9.17) is 0 Å².